The van der Waals surface area contributed by atoms with E-state index in [1.165, 1.54) is 11.1 Å². The molecule has 296 valence electrons. The van der Waals surface area contributed by atoms with Gasteiger partial charge in [-0.05, 0) is 124 Å². The molecule has 3 aliphatic rings. The van der Waals surface area contributed by atoms with Crippen molar-refractivity contribution >= 4 is 23.8 Å². The summed E-state index contributed by atoms with van der Waals surface area (Å²) in [5, 5.41) is 21.8. The van der Waals surface area contributed by atoms with Crippen LogP contribution in [0.2, 0.25) is 0 Å². The van der Waals surface area contributed by atoms with Gasteiger partial charge in [0.1, 0.15) is 17.4 Å². The molecule has 0 spiro atoms. The summed E-state index contributed by atoms with van der Waals surface area (Å²) in [5.41, 5.74) is 2.25. The number of rotatable bonds is 16. The summed E-state index contributed by atoms with van der Waals surface area (Å²) in [4.78, 5) is 54.9. The van der Waals surface area contributed by atoms with Gasteiger partial charge in [0, 0.05) is 25.7 Å². The highest BCUT2D eigenvalue weighted by atomic mass is 16.6. The molecule has 0 radical (unpaired) electrons. The molecule has 1 heterocycles. The van der Waals surface area contributed by atoms with Crippen LogP contribution in [0.15, 0.2) is 48.5 Å². The maximum atomic E-state index is 14.1. The zero-order valence-electron chi connectivity index (χ0n) is 33.4. The maximum Gasteiger partial charge on any atom is 0.407 e. The van der Waals surface area contributed by atoms with E-state index in [9.17, 15) is 24.3 Å². The fourth-order valence-corrected chi connectivity index (χ4v) is 8.79. The van der Waals surface area contributed by atoms with Crippen molar-refractivity contribution in [1.29, 1.82) is 0 Å². The van der Waals surface area contributed by atoms with E-state index in [-0.39, 0.29) is 35.6 Å². The highest BCUT2D eigenvalue weighted by molar-refractivity contribution is 5.95. The lowest BCUT2D eigenvalue weighted by Crippen LogP contribution is -2.58. The fourth-order valence-electron chi connectivity index (χ4n) is 8.79. The molecule has 11 heteroatoms. The third-order valence-electron chi connectivity index (χ3n) is 12.0. The number of hydrogen-bond donors (Lipinski definition) is 5. The van der Waals surface area contributed by atoms with Crippen LogP contribution in [0.5, 0.6) is 5.75 Å². The Balaban J connectivity index is 1.13. The van der Waals surface area contributed by atoms with E-state index in [2.05, 4.69) is 46.1 Å². The molecule has 2 fully saturated rings. The van der Waals surface area contributed by atoms with Crippen molar-refractivity contribution in [2.75, 3.05) is 32.7 Å². The normalized spacial score (nSPS) is 25.2. The van der Waals surface area contributed by atoms with Crippen LogP contribution < -0.4 is 21.3 Å². The van der Waals surface area contributed by atoms with Crippen LogP contribution >= 0.6 is 0 Å². The summed E-state index contributed by atoms with van der Waals surface area (Å²) in [7, 11) is 0. The number of unbranched alkanes of at least 4 members (excludes halogenated alkanes) is 2. The lowest BCUT2D eigenvalue weighted by molar-refractivity contribution is -0.130. The van der Waals surface area contributed by atoms with Crippen molar-refractivity contribution in [2.45, 2.75) is 122 Å². The van der Waals surface area contributed by atoms with Crippen molar-refractivity contribution in [3.05, 3.63) is 65.2 Å². The van der Waals surface area contributed by atoms with Crippen molar-refractivity contribution in [3.63, 3.8) is 0 Å². The summed E-state index contributed by atoms with van der Waals surface area (Å²) in [6.07, 6.45) is 4.94. The topological polar surface area (TPSA) is 149 Å². The lowest BCUT2D eigenvalue weighted by atomic mass is 9.59. The second kappa shape index (κ2) is 17.1. The number of ether oxygens (including phenoxy) is 1. The minimum atomic E-state index is -0.721. The second-order valence-corrected chi connectivity index (χ2v) is 17.5. The summed E-state index contributed by atoms with van der Waals surface area (Å²) in [6, 6.07) is 15.3. The van der Waals surface area contributed by atoms with Crippen molar-refractivity contribution in [1.82, 2.24) is 26.2 Å². The minimum absolute atomic E-state index is 0.00913. The Kier molecular flexibility index (Phi) is 13.0. The van der Waals surface area contributed by atoms with Crippen LogP contribution in [0.25, 0.3) is 0 Å². The van der Waals surface area contributed by atoms with E-state index in [1.54, 1.807) is 6.07 Å². The van der Waals surface area contributed by atoms with Gasteiger partial charge in [0.25, 0.3) is 0 Å². The number of nitrogens with one attached hydrogen (secondary N) is 4. The molecule has 2 aliphatic carbocycles. The van der Waals surface area contributed by atoms with Gasteiger partial charge in [-0.25, -0.2) is 4.79 Å². The number of amides is 4. The van der Waals surface area contributed by atoms with Crippen molar-refractivity contribution < 1.29 is 29.0 Å². The number of carbonyl (C=O) groups is 4. The number of phenolic OH excluding ortho intramolecular Hbond substituents is 1. The standard InChI is InChI=1S/C43H63N5O6/c1-28(2)22-35(38(51)44-19-12-9-13-20-45-40(53)54-41(4,5)6)47-37(50)26-46-39(52)43(31-14-10-8-11-15-31)25-32(43)27-48-21-18-42(7)29(3)36(48)23-30-16-17-33(49)24-34(30)42/h8,10-11,14-17,24,28-29,32,35-36,49H,9,12-13,18-23,25-27H2,1-7H3,(H,44,51)(H,45,53)(H,46,52)(H,47,50)/t29-,32-,35+,36-,42-,43+/m1/s1. The largest absolute Gasteiger partial charge is 0.508 e. The van der Waals surface area contributed by atoms with Gasteiger partial charge >= 0.3 is 6.09 Å². The van der Waals surface area contributed by atoms with E-state index < -0.39 is 29.1 Å². The second-order valence-electron chi connectivity index (χ2n) is 17.5. The van der Waals surface area contributed by atoms with Gasteiger partial charge < -0.3 is 31.1 Å². The van der Waals surface area contributed by atoms with E-state index >= 15 is 0 Å². The number of benzene rings is 2. The summed E-state index contributed by atoms with van der Waals surface area (Å²) in [5.74, 6) is 0.200. The molecular formula is C43H63N5O6. The zero-order chi connectivity index (χ0) is 39.3. The number of phenols is 1. The number of likely N-dealkylation sites (tertiary alicyclic amines) is 1. The quantitative estimate of drug-likeness (QED) is 0.146. The Morgan fingerprint density at radius 1 is 0.981 bits per heavy atom. The molecule has 1 aliphatic heterocycles. The Labute approximate surface area is 321 Å². The molecule has 54 heavy (non-hydrogen) atoms. The summed E-state index contributed by atoms with van der Waals surface area (Å²) >= 11 is 0. The molecular weight excluding hydrogens is 683 g/mol. The zero-order valence-corrected chi connectivity index (χ0v) is 33.4. The highest BCUT2D eigenvalue weighted by Gasteiger charge is 2.62. The van der Waals surface area contributed by atoms with Crippen LogP contribution in [0.4, 0.5) is 4.79 Å². The molecule has 0 unspecified atom stereocenters. The third kappa shape index (κ3) is 9.75. The Morgan fingerprint density at radius 2 is 1.69 bits per heavy atom. The molecule has 5 N–H and O–H groups in total. The van der Waals surface area contributed by atoms with Crippen LogP contribution in [0.1, 0.15) is 104 Å². The van der Waals surface area contributed by atoms with E-state index in [4.69, 9.17) is 4.74 Å². The van der Waals surface area contributed by atoms with Gasteiger partial charge in [-0.2, -0.15) is 0 Å². The molecule has 0 aromatic heterocycles. The molecule has 4 amide bonds. The molecule has 2 bridgehead atoms. The SMILES string of the molecule is CC(C)C[C@H](NC(=O)CNC(=O)[C@]1(c2ccccc2)C[C@@H]1CN1CC[C@@]2(C)c3cc(O)ccc3C[C@@H]1[C@H]2C)C(=O)NCCCCCNC(=O)OC(C)(C)C. The molecule has 1 saturated carbocycles. The van der Waals surface area contributed by atoms with Gasteiger partial charge in [-0.1, -0.05) is 64.1 Å². The van der Waals surface area contributed by atoms with E-state index in [1.807, 2.05) is 71.0 Å². The first-order valence-corrected chi connectivity index (χ1v) is 20.0. The third-order valence-corrected chi connectivity index (χ3v) is 12.0. The van der Waals surface area contributed by atoms with E-state index in [0.29, 0.717) is 43.6 Å². The molecule has 2 aromatic rings. The average molecular weight is 746 g/mol. The minimum Gasteiger partial charge on any atom is -0.508 e. The Morgan fingerprint density at radius 3 is 2.37 bits per heavy atom. The number of fused-ring (bicyclic) bond motifs is 4. The van der Waals surface area contributed by atoms with Gasteiger partial charge in [-0.3, -0.25) is 19.3 Å². The van der Waals surface area contributed by atoms with Crippen LogP contribution in [0.3, 0.4) is 0 Å². The fraction of sp³-hybridized carbons (Fsp3) is 0.628. The van der Waals surface area contributed by atoms with Crippen LogP contribution in [0, 0.1) is 17.8 Å². The van der Waals surface area contributed by atoms with Crippen molar-refractivity contribution in [2.24, 2.45) is 17.8 Å². The number of hydrogen-bond acceptors (Lipinski definition) is 7. The first kappa shape index (κ1) is 41.1. The number of alkyl carbamates (subject to hydrolysis) is 1. The van der Waals surface area contributed by atoms with E-state index in [0.717, 1.165) is 50.8 Å². The summed E-state index contributed by atoms with van der Waals surface area (Å²) < 4.78 is 5.25. The smallest absolute Gasteiger partial charge is 0.407 e. The van der Waals surface area contributed by atoms with Crippen LogP contribution in [-0.2, 0) is 36.4 Å². The number of piperidine rings is 1. The number of carbonyl (C=O) groups excluding carboxylic acids is 4. The van der Waals surface area contributed by atoms with Crippen LogP contribution in [-0.4, -0.2) is 84.2 Å². The first-order valence-electron chi connectivity index (χ1n) is 20.0. The number of aromatic hydroxyl groups is 1. The maximum absolute atomic E-state index is 14.1. The highest BCUT2D eigenvalue weighted by Crippen LogP contribution is 2.56. The van der Waals surface area contributed by atoms with Gasteiger partial charge in [0.15, 0.2) is 0 Å². The molecule has 5 rings (SSSR count). The molecule has 2 aromatic carbocycles. The predicted molar refractivity (Wildman–Crippen MR) is 210 cm³/mol. The van der Waals surface area contributed by atoms with Gasteiger partial charge in [0.2, 0.25) is 17.7 Å². The Hall–Kier alpha value is -4.12. The molecule has 6 atom stereocenters. The summed E-state index contributed by atoms with van der Waals surface area (Å²) in [6.45, 7) is 16.6. The Bertz CT molecular complexity index is 1640. The predicted octanol–water partition coefficient (Wildman–Crippen LogP) is 5.33. The average Bonchev–Trinajstić information content (AvgIpc) is 3.84. The van der Waals surface area contributed by atoms with Gasteiger partial charge in [0.05, 0.1) is 12.0 Å². The molecule has 11 nitrogen and oxygen atoms in total. The lowest BCUT2D eigenvalue weighted by Gasteiger charge is -2.55. The van der Waals surface area contributed by atoms with Gasteiger partial charge in [-0.15, -0.1) is 0 Å². The monoisotopic (exact) mass is 745 g/mol. The first-order chi connectivity index (χ1) is 25.5. The number of nitrogens with zero attached hydrogens (tertiary/aromatic N) is 1. The molecule has 1 saturated heterocycles. The van der Waals surface area contributed by atoms with Crippen molar-refractivity contribution in [3.8, 4) is 5.75 Å².